The van der Waals surface area contributed by atoms with Crippen LogP contribution in [-0.2, 0) is 19.2 Å². The second kappa shape index (κ2) is 8.11. The molecule has 2 aromatic carbocycles. The standard InChI is InChI=1S/C21H21ClN2OS/c1-14-6-4-5-7-17(14)12-19-15(2)23-21(24(3)20(19)25)26-13-16-8-10-18(22)11-9-16/h4-11H,12-13H2,1-3H3. The van der Waals surface area contributed by atoms with Crippen molar-refractivity contribution in [2.45, 2.75) is 31.2 Å². The van der Waals surface area contributed by atoms with Crippen molar-refractivity contribution in [1.29, 1.82) is 0 Å². The van der Waals surface area contributed by atoms with Crippen molar-refractivity contribution >= 4 is 23.4 Å². The van der Waals surface area contributed by atoms with E-state index >= 15 is 0 Å². The predicted octanol–water partition coefficient (Wildman–Crippen LogP) is 4.93. The van der Waals surface area contributed by atoms with E-state index in [0.717, 1.165) is 38.3 Å². The minimum absolute atomic E-state index is 0.0272. The van der Waals surface area contributed by atoms with Crippen molar-refractivity contribution in [2.24, 2.45) is 7.05 Å². The van der Waals surface area contributed by atoms with E-state index in [4.69, 9.17) is 16.6 Å². The molecule has 0 spiro atoms. The highest BCUT2D eigenvalue weighted by atomic mass is 35.5. The summed E-state index contributed by atoms with van der Waals surface area (Å²) >= 11 is 7.49. The summed E-state index contributed by atoms with van der Waals surface area (Å²) in [5, 5.41) is 1.46. The molecular formula is C21H21ClN2OS. The molecule has 0 aliphatic rings. The first kappa shape index (κ1) is 18.7. The Labute approximate surface area is 163 Å². The highest BCUT2D eigenvalue weighted by Crippen LogP contribution is 2.22. The van der Waals surface area contributed by atoms with Gasteiger partial charge in [0.1, 0.15) is 0 Å². The van der Waals surface area contributed by atoms with Crippen molar-refractivity contribution < 1.29 is 0 Å². The molecule has 0 amide bonds. The van der Waals surface area contributed by atoms with Crippen LogP contribution in [-0.4, -0.2) is 9.55 Å². The minimum atomic E-state index is 0.0272. The summed E-state index contributed by atoms with van der Waals surface area (Å²) in [7, 11) is 1.79. The lowest BCUT2D eigenvalue weighted by Crippen LogP contribution is -2.26. The number of rotatable bonds is 5. The number of benzene rings is 2. The number of halogens is 1. The van der Waals surface area contributed by atoms with Crippen LogP contribution in [0.1, 0.15) is 27.9 Å². The largest absolute Gasteiger partial charge is 0.291 e. The van der Waals surface area contributed by atoms with Crippen molar-refractivity contribution in [1.82, 2.24) is 9.55 Å². The van der Waals surface area contributed by atoms with Gasteiger partial charge in [0.2, 0.25) is 0 Å². The minimum Gasteiger partial charge on any atom is -0.291 e. The molecule has 0 aliphatic carbocycles. The van der Waals surface area contributed by atoms with E-state index in [-0.39, 0.29) is 5.56 Å². The van der Waals surface area contributed by atoms with Crippen LogP contribution in [0.5, 0.6) is 0 Å². The Bertz CT molecular complexity index is 980. The molecule has 3 rings (SSSR count). The molecule has 0 saturated carbocycles. The fraction of sp³-hybridized carbons (Fsp3) is 0.238. The number of aromatic nitrogens is 2. The molecule has 0 N–H and O–H groups in total. The second-order valence-electron chi connectivity index (χ2n) is 6.34. The summed E-state index contributed by atoms with van der Waals surface area (Å²) in [5.74, 6) is 0.744. The fourth-order valence-corrected chi connectivity index (χ4v) is 3.88. The number of nitrogens with zero attached hydrogens (tertiary/aromatic N) is 2. The molecule has 0 radical (unpaired) electrons. The first-order valence-electron chi connectivity index (χ1n) is 8.44. The summed E-state index contributed by atoms with van der Waals surface area (Å²) in [6.07, 6.45) is 0.611. The first-order chi connectivity index (χ1) is 12.5. The Morgan fingerprint density at radius 1 is 1.08 bits per heavy atom. The second-order valence-corrected chi connectivity index (χ2v) is 7.72. The maximum absolute atomic E-state index is 12.9. The fourth-order valence-electron chi connectivity index (χ4n) is 2.79. The zero-order valence-electron chi connectivity index (χ0n) is 15.1. The lowest BCUT2D eigenvalue weighted by Gasteiger charge is -2.13. The quantitative estimate of drug-likeness (QED) is 0.462. The van der Waals surface area contributed by atoms with Crippen LogP contribution in [0.15, 0.2) is 58.5 Å². The van der Waals surface area contributed by atoms with Crippen LogP contribution >= 0.6 is 23.4 Å². The molecule has 26 heavy (non-hydrogen) atoms. The summed E-state index contributed by atoms with van der Waals surface area (Å²) in [6, 6.07) is 15.9. The van der Waals surface area contributed by atoms with Gasteiger partial charge in [0.15, 0.2) is 5.16 Å². The molecule has 3 aromatic rings. The maximum atomic E-state index is 12.9. The van der Waals surface area contributed by atoms with E-state index in [1.54, 1.807) is 23.4 Å². The summed E-state index contributed by atoms with van der Waals surface area (Å²) in [4.78, 5) is 17.6. The zero-order chi connectivity index (χ0) is 18.7. The Kier molecular flexibility index (Phi) is 5.84. The first-order valence-corrected chi connectivity index (χ1v) is 9.80. The molecule has 134 valence electrons. The number of aryl methyl sites for hydroxylation is 2. The Morgan fingerprint density at radius 2 is 1.77 bits per heavy atom. The Morgan fingerprint density at radius 3 is 2.46 bits per heavy atom. The summed E-state index contributed by atoms with van der Waals surface area (Å²) in [5.41, 5.74) is 5.09. The molecular weight excluding hydrogens is 364 g/mol. The van der Waals surface area contributed by atoms with Gasteiger partial charge in [-0.2, -0.15) is 0 Å². The molecule has 0 saturated heterocycles. The monoisotopic (exact) mass is 384 g/mol. The zero-order valence-corrected chi connectivity index (χ0v) is 16.7. The van der Waals surface area contributed by atoms with E-state index in [9.17, 15) is 4.79 Å². The molecule has 0 bridgehead atoms. The van der Waals surface area contributed by atoms with Crippen molar-refractivity contribution in [3.63, 3.8) is 0 Å². The lowest BCUT2D eigenvalue weighted by molar-refractivity contribution is 0.683. The third kappa shape index (κ3) is 4.19. The van der Waals surface area contributed by atoms with Gasteiger partial charge in [-0.25, -0.2) is 4.98 Å². The van der Waals surface area contributed by atoms with Gasteiger partial charge in [0.25, 0.3) is 5.56 Å². The van der Waals surface area contributed by atoms with Crippen molar-refractivity contribution in [3.05, 3.63) is 91.9 Å². The lowest BCUT2D eigenvalue weighted by atomic mass is 10.0. The van der Waals surface area contributed by atoms with Crippen LogP contribution in [0.3, 0.4) is 0 Å². The molecule has 0 atom stereocenters. The topological polar surface area (TPSA) is 34.9 Å². The van der Waals surface area contributed by atoms with Gasteiger partial charge in [0.05, 0.1) is 0 Å². The smallest absolute Gasteiger partial charge is 0.257 e. The molecule has 3 nitrogen and oxygen atoms in total. The highest BCUT2D eigenvalue weighted by Gasteiger charge is 2.14. The van der Waals surface area contributed by atoms with Crippen molar-refractivity contribution in [2.75, 3.05) is 0 Å². The number of thioether (sulfide) groups is 1. The van der Waals surface area contributed by atoms with E-state index in [1.165, 1.54) is 5.56 Å². The van der Waals surface area contributed by atoms with Gasteiger partial charge in [-0.3, -0.25) is 9.36 Å². The van der Waals surface area contributed by atoms with Gasteiger partial charge in [-0.05, 0) is 42.7 Å². The summed E-state index contributed by atoms with van der Waals surface area (Å²) in [6.45, 7) is 3.99. The van der Waals surface area contributed by atoms with Gasteiger partial charge < -0.3 is 0 Å². The van der Waals surface area contributed by atoms with Gasteiger partial charge in [-0.15, -0.1) is 0 Å². The van der Waals surface area contributed by atoms with Crippen LogP contribution < -0.4 is 5.56 Å². The molecule has 0 unspecified atom stereocenters. The average Bonchev–Trinajstić information content (AvgIpc) is 2.63. The number of hydrogen-bond acceptors (Lipinski definition) is 3. The van der Waals surface area contributed by atoms with Gasteiger partial charge in [0, 0.05) is 35.5 Å². The van der Waals surface area contributed by atoms with Gasteiger partial charge >= 0.3 is 0 Å². The van der Waals surface area contributed by atoms with Crippen LogP contribution in [0.25, 0.3) is 0 Å². The molecule has 0 fully saturated rings. The Hall–Kier alpha value is -2.04. The molecule has 5 heteroatoms. The summed E-state index contributed by atoms with van der Waals surface area (Å²) < 4.78 is 1.65. The van der Waals surface area contributed by atoms with Crippen molar-refractivity contribution in [3.8, 4) is 0 Å². The third-order valence-corrected chi connectivity index (χ3v) is 5.81. The molecule has 1 heterocycles. The Balaban J connectivity index is 1.84. The molecule has 1 aromatic heterocycles. The normalized spacial score (nSPS) is 10.9. The third-order valence-electron chi connectivity index (χ3n) is 4.46. The van der Waals surface area contributed by atoms with E-state index in [0.29, 0.717) is 6.42 Å². The number of hydrogen-bond donors (Lipinski definition) is 0. The SMILES string of the molecule is Cc1ccccc1Cc1c(C)nc(SCc2ccc(Cl)cc2)n(C)c1=O. The van der Waals surface area contributed by atoms with Gasteiger partial charge in [-0.1, -0.05) is 59.8 Å². The van der Waals surface area contributed by atoms with E-state index in [2.05, 4.69) is 19.1 Å². The average molecular weight is 385 g/mol. The van der Waals surface area contributed by atoms with Crippen LogP contribution in [0.2, 0.25) is 5.02 Å². The van der Waals surface area contributed by atoms with E-state index in [1.807, 2.05) is 43.3 Å². The van der Waals surface area contributed by atoms with E-state index < -0.39 is 0 Å². The highest BCUT2D eigenvalue weighted by molar-refractivity contribution is 7.98. The predicted molar refractivity (Wildman–Crippen MR) is 109 cm³/mol. The van der Waals surface area contributed by atoms with Crippen LogP contribution in [0, 0.1) is 13.8 Å². The maximum Gasteiger partial charge on any atom is 0.257 e. The van der Waals surface area contributed by atoms with Crippen LogP contribution in [0.4, 0.5) is 0 Å². The molecule has 0 aliphatic heterocycles.